The summed E-state index contributed by atoms with van der Waals surface area (Å²) in [4.78, 5) is 8.27. The third-order valence-corrected chi connectivity index (χ3v) is 2.73. The predicted molar refractivity (Wildman–Crippen MR) is 59.3 cm³/mol. The molecule has 0 aliphatic heterocycles. The highest BCUT2D eigenvalue weighted by Gasteiger charge is 2.19. The Morgan fingerprint density at radius 2 is 2.33 bits per heavy atom. The molecule has 1 atom stereocenters. The molecule has 0 amide bonds. The lowest BCUT2D eigenvalue weighted by atomic mass is 10.1. The fourth-order valence-corrected chi connectivity index (χ4v) is 1.81. The quantitative estimate of drug-likeness (QED) is 0.926. The van der Waals surface area contributed by atoms with Crippen molar-refractivity contribution in [2.45, 2.75) is 6.04 Å². The Hall–Kier alpha value is -1.20. The van der Waals surface area contributed by atoms with Crippen molar-refractivity contribution in [2.24, 2.45) is 0 Å². The second-order valence-corrected chi connectivity index (χ2v) is 3.84. The van der Waals surface area contributed by atoms with E-state index >= 15 is 0 Å². The van der Waals surface area contributed by atoms with Gasteiger partial charge in [-0.05, 0) is 29.0 Å². The van der Waals surface area contributed by atoms with Crippen LogP contribution in [0.2, 0.25) is 0 Å². The van der Waals surface area contributed by atoms with Gasteiger partial charge in [0.2, 0.25) is 0 Å². The molecule has 5 heteroatoms. The fraction of sp³-hybridized carbons (Fsp3) is 0.200. The highest BCUT2D eigenvalue weighted by Crippen LogP contribution is 2.27. The summed E-state index contributed by atoms with van der Waals surface area (Å²) in [5.41, 5.74) is 0.829. The Labute approximate surface area is 95.9 Å². The maximum absolute atomic E-state index is 5.39. The smallest absolute Gasteiger partial charge is 0.141 e. The minimum atomic E-state index is -0.0805. The van der Waals surface area contributed by atoms with E-state index in [2.05, 4.69) is 31.2 Å². The van der Waals surface area contributed by atoms with E-state index in [1.54, 1.807) is 24.9 Å². The average molecular weight is 268 g/mol. The molecule has 2 heterocycles. The van der Waals surface area contributed by atoms with Crippen LogP contribution in [0.15, 0.2) is 39.8 Å². The minimum absolute atomic E-state index is 0.0805. The zero-order valence-corrected chi connectivity index (χ0v) is 9.73. The van der Waals surface area contributed by atoms with Gasteiger partial charge < -0.3 is 9.73 Å². The first-order valence-electron chi connectivity index (χ1n) is 4.49. The Kier molecular flexibility index (Phi) is 3.13. The molecule has 0 fully saturated rings. The molecule has 0 radical (unpaired) electrons. The van der Waals surface area contributed by atoms with Gasteiger partial charge >= 0.3 is 0 Å². The Balaban J connectivity index is 2.37. The summed E-state index contributed by atoms with van der Waals surface area (Å²) in [6.45, 7) is 0. The summed E-state index contributed by atoms with van der Waals surface area (Å²) in [5.74, 6) is 0.804. The van der Waals surface area contributed by atoms with E-state index in [1.807, 2.05) is 13.1 Å². The molecule has 0 aromatic carbocycles. The molecule has 0 bridgehead atoms. The Morgan fingerprint density at radius 3 is 2.87 bits per heavy atom. The highest BCUT2D eigenvalue weighted by molar-refractivity contribution is 9.10. The summed E-state index contributed by atoms with van der Waals surface area (Å²) < 4.78 is 6.32. The summed E-state index contributed by atoms with van der Waals surface area (Å²) in [5, 5.41) is 3.14. The molecule has 78 valence electrons. The maximum atomic E-state index is 5.39. The standard InChI is InChI=1S/C10H10BrN3O/c1-12-9(8-6-13-3-4-14-8)10-7(11)2-5-15-10/h2-6,9,12H,1H3. The summed E-state index contributed by atoms with van der Waals surface area (Å²) >= 11 is 3.42. The summed E-state index contributed by atoms with van der Waals surface area (Å²) in [6.07, 6.45) is 6.67. The molecule has 0 saturated heterocycles. The molecule has 1 unspecified atom stereocenters. The lowest BCUT2D eigenvalue weighted by Gasteiger charge is -2.12. The van der Waals surface area contributed by atoms with E-state index in [9.17, 15) is 0 Å². The normalized spacial score (nSPS) is 12.7. The van der Waals surface area contributed by atoms with Crippen LogP contribution in [0.4, 0.5) is 0 Å². The number of halogens is 1. The van der Waals surface area contributed by atoms with E-state index in [0.29, 0.717) is 0 Å². The van der Waals surface area contributed by atoms with Gasteiger partial charge in [0.1, 0.15) is 11.8 Å². The van der Waals surface area contributed by atoms with Crippen LogP contribution in [0, 0.1) is 0 Å². The van der Waals surface area contributed by atoms with Crippen molar-refractivity contribution >= 4 is 15.9 Å². The van der Waals surface area contributed by atoms with Crippen molar-refractivity contribution in [2.75, 3.05) is 7.05 Å². The monoisotopic (exact) mass is 267 g/mol. The molecule has 4 nitrogen and oxygen atoms in total. The van der Waals surface area contributed by atoms with Gasteiger partial charge in [0.05, 0.1) is 22.6 Å². The van der Waals surface area contributed by atoms with Gasteiger partial charge in [-0.25, -0.2) is 0 Å². The third-order valence-electron chi connectivity index (χ3n) is 2.07. The van der Waals surface area contributed by atoms with Gasteiger partial charge in [-0.2, -0.15) is 0 Å². The molecule has 2 aromatic heterocycles. The van der Waals surface area contributed by atoms with E-state index < -0.39 is 0 Å². The zero-order valence-electron chi connectivity index (χ0n) is 8.14. The number of hydrogen-bond donors (Lipinski definition) is 1. The Bertz CT molecular complexity index is 429. The molecule has 1 N–H and O–H groups in total. The summed E-state index contributed by atoms with van der Waals surface area (Å²) in [6, 6.07) is 1.78. The first-order valence-corrected chi connectivity index (χ1v) is 5.28. The van der Waals surface area contributed by atoms with Crippen LogP contribution in [0.3, 0.4) is 0 Å². The highest BCUT2D eigenvalue weighted by atomic mass is 79.9. The SMILES string of the molecule is CNC(c1cnccn1)c1occc1Br. The number of hydrogen-bond acceptors (Lipinski definition) is 4. The van der Waals surface area contributed by atoms with Crippen LogP contribution in [0.5, 0.6) is 0 Å². The van der Waals surface area contributed by atoms with E-state index in [0.717, 1.165) is 15.9 Å². The van der Waals surface area contributed by atoms with Crippen LogP contribution in [0.1, 0.15) is 17.5 Å². The molecule has 15 heavy (non-hydrogen) atoms. The second-order valence-electron chi connectivity index (χ2n) is 2.98. The summed E-state index contributed by atoms with van der Waals surface area (Å²) in [7, 11) is 1.86. The lowest BCUT2D eigenvalue weighted by molar-refractivity contribution is 0.455. The van der Waals surface area contributed by atoms with Gasteiger partial charge in [0.15, 0.2) is 0 Å². The maximum Gasteiger partial charge on any atom is 0.141 e. The molecule has 2 rings (SSSR count). The van der Waals surface area contributed by atoms with Crippen LogP contribution >= 0.6 is 15.9 Å². The van der Waals surface area contributed by atoms with Crippen molar-refractivity contribution in [3.63, 3.8) is 0 Å². The number of rotatable bonds is 3. The molecule has 0 saturated carbocycles. The van der Waals surface area contributed by atoms with E-state index in [4.69, 9.17) is 4.42 Å². The molecular formula is C10H10BrN3O. The minimum Gasteiger partial charge on any atom is -0.466 e. The van der Waals surface area contributed by atoms with Crippen LogP contribution < -0.4 is 5.32 Å². The van der Waals surface area contributed by atoms with Gasteiger partial charge in [-0.15, -0.1) is 0 Å². The largest absolute Gasteiger partial charge is 0.466 e. The predicted octanol–water partition coefficient (Wildman–Crippen LogP) is 2.14. The first kappa shape index (κ1) is 10.3. The Morgan fingerprint density at radius 1 is 1.47 bits per heavy atom. The zero-order chi connectivity index (χ0) is 10.7. The average Bonchev–Trinajstić information content (AvgIpc) is 2.68. The fourth-order valence-electron chi connectivity index (χ4n) is 1.38. The molecule has 2 aromatic rings. The van der Waals surface area contributed by atoms with Crippen LogP contribution in [-0.4, -0.2) is 17.0 Å². The van der Waals surface area contributed by atoms with Crippen molar-refractivity contribution in [3.05, 3.63) is 46.8 Å². The van der Waals surface area contributed by atoms with Crippen molar-refractivity contribution in [3.8, 4) is 0 Å². The van der Waals surface area contributed by atoms with Gasteiger partial charge in [0.25, 0.3) is 0 Å². The molecular weight excluding hydrogens is 258 g/mol. The van der Waals surface area contributed by atoms with Crippen molar-refractivity contribution < 1.29 is 4.42 Å². The van der Waals surface area contributed by atoms with E-state index in [-0.39, 0.29) is 6.04 Å². The van der Waals surface area contributed by atoms with Crippen LogP contribution in [0.25, 0.3) is 0 Å². The van der Waals surface area contributed by atoms with Crippen molar-refractivity contribution in [1.29, 1.82) is 0 Å². The molecule has 0 spiro atoms. The van der Waals surface area contributed by atoms with Gasteiger partial charge in [0, 0.05) is 12.4 Å². The van der Waals surface area contributed by atoms with Crippen LogP contribution in [-0.2, 0) is 0 Å². The molecule has 0 aliphatic rings. The van der Waals surface area contributed by atoms with Crippen molar-refractivity contribution in [1.82, 2.24) is 15.3 Å². The first-order chi connectivity index (χ1) is 7.33. The van der Waals surface area contributed by atoms with Gasteiger partial charge in [-0.1, -0.05) is 0 Å². The third kappa shape index (κ3) is 2.08. The topological polar surface area (TPSA) is 51.0 Å². The number of furan rings is 1. The number of nitrogens with one attached hydrogen (secondary N) is 1. The number of aromatic nitrogens is 2. The van der Waals surface area contributed by atoms with E-state index in [1.165, 1.54) is 0 Å². The van der Waals surface area contributed by atoms with Gasteiger partial charge in [-0.3, -0.25) is 9.97 Å². The molecule has 0 aliphatic carbocycles. The lowest BCUT2D eigenvalue weighted by Crippen LogP contribution is -2.18. The second kappa shape index (κ2) is 4.55. The number of nitrogens with zero attached hydrogens (tertiary/aromatic N) is 2.